The number of carbonyl (C=O) groups excluding carboxylic acids is 4. The Hall–Kier alpha value is -4.45. The van der Waals surface area contributed by atoms with Gasteiger partial charge in [0.2, 0.25) is 23.6 Å². The van der Waals surface area contributed by atoms with E-state index < -0.39 is 76.8 Å². The molecule has 0 aromatic heterocycles. The number of phenols is 1. The molecule has 6 rings (SSSR count). The number of carboxylic acid groups (broad SMARTS) is 1. The number of amides is 4. The van der Waals surface area contributed by atoms with E-state index in [-0.39, 0.29) is 47.3 Å². The molecule has 2 saturated heterocycles. The largest absolute Gasteiger partial charge is 0.508 e. The van der Waals surface area contributed by atoms with Crippen molar-refractivity contribution in [3.8, 4) is 17.2 Å². The molecule has 6 atom stereocenters. The van der Waals surface area contributed by atoms with E-state index in [2.05, 4.69) is 0 Å². The highest BCUT2D eigenvalue weighted by Crippen LogP contribution is 2.65. The Balaban J connectivity index is 1.55. The molecule has 236 valence electrons. The molecule has 2 heterocycles. The number of likely N-dealkylation sites (tertiary alicyclic amines) is 1. The Morgan fingerprint density at radius 1 is 1.04 bits per heavy atom. The predicted molar refractivity (Wildman–Crippen MR) is 156 cm³/mol. The number of aliphatic carboxylic acids is 1. The molecule has 45 heavy (non-hydrogen) atoms. The highest BCUT2D eigenvalue weighted by atomic mass is 35.5. The van der Waals surface area contributed by atoms with Crippen LogP contribution in [0.5, 0.6) is 17.2 Å². The van der Waals surface area contributed by atoms with E-state index in [1.807, 2.05) is 6.08 Å². The van der Waals surface area contributed by atoms with Crippen LogP contribution in [-0.4, -0.2) is 65.5 Å². The third-order valence-corrected chi connectivity index (χ3v) is 10.2. The van der Waals surface area contributed by atoms with E-state index >= 15 is 0 Å². The van der Waals surface area contributed by atoms with Crippen molar-refractivity contribution >= 4 is 46.9 Å². The Kier molecular flexibility index (Phi) is 7.38. The number of aromatic hydroxyl groups is 1. The first-order valence-electron chi connectivity index (χ1n) is 14.4. The maximum absolute atomic E-state index is 14.6. The van der Waals surface area contributed by atoms with Crippen molar-refractivity contribution in [1.82, 2.24) is 4.90 Å². The number of imide groups is 2. The molecule has 13 heteroatoms. The summed E-state index contributed by atoms with van der Waals surface area (Å²) in [6.07, 6.45) is 1.62. The number of benzene rings is 2. The summed E-state index contributed by atoms with van der Waals surface area (Å²) in [7, 11) is 2.77. The van der Waals surface area contributed by atoms with E-state index in [4.69, 9.17) is 21.1 Å². The predicted octanol–water partition coefficient (Wildman–Crippen LogP) is 3.91. The van der Waals surface area contributed by atoms with Crippen molar-refractivity contribution in [2.45, 2.75) is 32.1 Å². The molecule has 0 bridgehead atoms. The highest BCUT2D eigenvalue weighted by Gasteiger charge is 2.68. The Morgan fingerprint density at radius 2 is 1.71 bits per heavy atom. The first-order valence-corrected chi connectivity index (χ1v) is 14.8. The number of rotatable bonds is 7. The van der Waals surface area contributed by atoms with Gasteiger partial charge in [-0.05, 0) is 43.9 Å². The Morgan fingerprint density at radius 3 is 2.31 bits per heavy atom. The Labute approximate surface area is 262 Å². The number of methoxy groups -OCH3 is 2. The summed E-state index contributed by atoms with van der Waals surface area (Å²) in [6.45, 7) is 1.38. The second kappa shape index (κ2) is 10.9. The Bertz CT molecular complexity index is 1680. The molecular formula is C32H30ClFN2O9. The summed E-state index contributed by atoms with van der Waals surface area (Å²) < 4.78 is 25.4. The van der Waals surface area contributed by atoms with Crippen LogP contribution in [0.15, 0.2) is 42.0 Å². The lowest BCUT2D eigenvalue weighted by Gasteiger charge is -2.49. The smallest absolute Gasteiger partial charge is 0.305 e. The van der Waals surface area contributed by atoms with Gasteiger partial charge in [-0.1, -0.05) is 23.3 Å². The van der Waals surface area contributed by atoms with Gasteiger partial charge in [0, 0.05) is 30.2 Å². The summed E-state index contributed by atoms with van der Waals surface area (Å²) >= 11 is 6.04. The van der Waals surface area contributed by atoms with Crippen molar-refractivity contribution in [2.24, 2.45) is 29.1 Å². The number of fused-ring (bicyclic) bond motifs is 4. The van der Waals surface area contributed by atoms with Crippen LogP contribution < -0.4 is 14.4 Å². The zero-order valence-corrected chi connectivity index (χ0v) is 25.3. The molecule has 0 unspecified atom stereocenters. The van der Waals surface area contributed by atoms with Crippen LogP contribution in [0.4, 0.5) is 10.1 Å². The fourth-order valence-electron chi connectivity index (χ4n) is 7.90. The minimum Gasteiger partial charge on any atom is -0.508 e. The molecule has 2 aliphatic heterocycles. The fraction of sp³-hybridized carbons (Fsp3) is 0.406. The number of carbonyl (C=O) groups is 5. The number of hydrogen-bond donors (Lipinski definition) is 2. The molecule has 2 N–H and O–H groups in total. The second-order valence-corrected chi connectivity index (χ2v) is 12.4. The maximum Gasteiger partial charge on any atom is 0.305 e. The van der Waals surface area contributed by atoms with Gasteiger partial charge in [-0.15, -0.1) is 0 Å². The molecule has 0 spiro atoms. The normalized spacial score (nSPS) is 28.9. The van der Waals surface area contributed by atoms with Crippen LogP contribution in [0.1, 0.15) is 37.7 Å². The van der Waals surface area contributed by atoms with E-state index in [1.165, 1.54) is 38.5 Å². The minimum absolute atomic E-state index is 0.0461. The number of nitrogens with zero attached hydrogens (tertiary/aromatic N) is 2. The number of carboxylic acids is 1. The highest BCUT2D eigenvalue weighted by molar-refractivity contribution is 6.31. The van der Waals surface area contributed by atoms with Gasteiger partial charge in [0.1, 0.15) is 23.1 Å². The molecular weight excluding hydrogens is 611 g/mol. The first-order chi connectivity index (χ1) is 21.3. The molecule has 2 aromatic rings. The van der Waals surface area contributed by atoms with Gasteiger partial charge in [-0.3, -0.25) is 28.9 Å². The molecule has 0 radical (unpaired) electrons. The van der Waals surface area contributed by atoms with Crippen molar-refractivity contribution in [3.05, 3.63) is 58.4 Å². The number of ether oxygens (including phenoxy) is 2. The van der Waals surface area contributed by atoms with E-state index in [1.54, 1.807) is 6.92 Å². The van der Waals surface area contributed by atoms with Crippen molar-refractivity contribution in [2.75, 3.05) is 25.7 Å². The zero-order valence-electron chi connectivity index (χ0n) is 24.6. The third kappa shape index (κ3) is 4.40. The van der Waals surface area contributed by atoms with Crippen LogP contribution in [0, 0.1) is 34.9 Å². The van der Waals surface area contributed by atoms with Gasteiger partial charge < -0.3 is 19.7 Å². The van der Waals surface area contributed by atoms with E-state index in [0.29, 0.717) is 11.1 Å². The third-order valence-electron chi connectivity index (χ3n) is 9.89. The summed E-state index contributed by atoms with van der Waals surface area (Å²) in [4.78, 5) is 69.3. The van der Waals surface area contributed by atoms with Gasteiger partial charge in [0.05, 0.1) is 54.5 Å². The monoisotopic (exact) mass is 640 g/mol. The first kappa shape index (κ1) is 30.6. The van der Waals surface area contributed by atoms with Crippen molar-refractivity contribution in [3.63, 3.8) is 0 Å². The lowest BCUT2D eigenvalue weighted by molar-refractivity contribution is -0.142. The van der Waals surface area contributed by atoms with Crippen molar-refractivity contribution < 1.29 is 48.0 Å². The van der Waals surface area contributed by atoms with Crippen LogP contribution in [-0.2, 0) is 24.0 Å². The molecule has 3 fully saturated rings. The zero-order chi connectivity index (χ0) is 32.5. The number of hydrogen-bond acceptors (Lipinski definition) is 8. The average Bonchev–Trinajstić information content (AvgIpc) is 3.36. The molecule has 2 aliphatic carbocycles. The quantitative estimate of drug-likeness (QED) is 0.339. The van der Waals surface area contributed by atoms with Gasteiger partial charge in [0.15, 0.2) is 0 Å². The number of allylic oxidation sites excluding steroid dienone is 2. The van der Waals surface area contributed by atoms with Gasteiger partial charge in [0.25, 0.3) is 0 Å². The minimum atomic E-state index is -1.47. The van der Waals surface area contributed by atoms with E-state index in [9.17, 15) is 38.6 Å². The standard InChI is InChI=1S/C32H30ClFN2O9/c1-32-19(29(41)36(31(32)43)14-4-7-21(34)20(33)10-14)13-18-16(27(32)26-22(44-2)11-15(37)12-23(26)45-3)5-6-17-25(18)30(42)35(28(17)40)9-8-24(38)39/h4-5,7,10-12,17-19,25,27,37H,6,8-9,13H2,1-3H3,(H,38,39)/t17-,18+,19-,25-,27+,32+/m0/s1. The summed E-state index contributed by atoms with van der Waals surface area (Å²) in [5, 5.41) is 19.4. The van der Waals surface area contributed by atoms with Crippen molar-refractivity contribution in [1.29, 1.82) is 0 Å². The van der Waals surface area contributed by atoms with Gasteiger partial charge in [-0.25, -0.2) is 9.29 Å². The lowest BCUT2D eigenvalue weighted by Crippen LogP contribution is -2.49. The summed E-state index contributed by atoms with van der Waals surface area (Å²) in [5.41, 5.74) is -0.380. The van der Waals surface area contributed by atoms with Crippen LogP contribution in [0.25, 0.3) is 0 Å². The molecule has 4 amide bonds. The molecule has 1 saturated carbocycles. The average molecular weight is 641 g/mol. The summed E-state index contributed by atoms with van der Waals surface area (Å²) in [5.74, 6) is -8.06. The topological polar surface area (TPSA) is 151 Å². The SMILES string of the molecule is COc1cc(O)cc(OC)c1[C@H]1C2=CC[C@@H]3C(=O)N(CCC(=O)O)C(=O)[C@@H]3[C@@H]2C[C@H]2C(=O)N(c3ccc(F)c(Cl)c3)C(=O)[C@@]12C. The fourth-order valence-corrected chi connectivity index (χ4v) is 8.07. The van der Waals surface area contributed by atoms with Crippen LogP contribution in [0.3, 0.4) is 0 Å². The summed E-state index contributed by atoms with van der Waals surface area (Å²) in [6, 6.07) is 6.28. The second-order valence-electron chi connectivity index (χ2n) is 12.0. The van der Waals surface area contributed by atoms with Crippen LogP contribution >= 0.6 is 11.6 Å². The lowest BCUT2D eigenvalue weighted by atomic mass is 9.51. The molecule has 2 aromatic carbocycles. The number of anilines is 1. The van der Waals surface area contributed by atoms with Crippen LogP contribution in [0.2, 0.25) is 5.02 Å². The van der Waals surface area contributed by atoms with Gasteiger partial charge >= 0.3 is 5.97 Å². The molecule has 4 aliphatic rings. The van der Waals surface area contributed by atoms with Gasteiger partial charge in [-0.2, -0.15) is 0 Å². The van der Waals surface area contributed by atoms with E-state index in [0.717, 1.165) is 15.9 Å². The maximum atomic E-state index is 14.6. The number of phenolic OH excluding ortho intramolecular Hbond substituents is 1. The number of halogens is 2. The molecule has 11 nitrogen and oxygen atoms in total.